The molecule has 2 aromatic heterocycles. The summed E-state index contributed by atoms with van der Waals surface area (Å²) in [6.07, 6.45) is 2.29. The highest BCUT2D eigenvalue weighted by molar-refractivity contribution is 7.20. The summed E-state index contributed by atoms with van der Waals surface area (Å²) in [6, 6.07) is 1.31. The van der Waals surface area contributed by atoms with Gasteiger partial charge in [-0.3, -0.25) is 9.59 Å². The lowest BCUT2D eigenvalue weighted by molar-refractivity contribution is 0.0634. The smallest absolute Gasteiger partial charge is 0.274 e. The molecule has 2 saturated heterocycles. The molecule has 0 N–H and O–H groups in total. The SMILES string of the molecule is CCN1CCN(C(=O)c2cc(=O)nc3sc(N4CCCC4)nn23)CC1. The van der Waals surface area contributed by atoms with Gasteiger partial charge in [0.05, 0.1) is 0 Å². The van der Waals surface area contributed by atoms with Gasteiger partial charge >= 0.3 is 0 Å². The first kappa shape index (κ1) is 16.5. The van der Waals surface area contributed by atoms with Crippen molar-refractivity contribution in [2.24, 2.45) is 0 Å². The minimum absolute atomic E-state index is 0.136. The summed E-state index contributed by atoms with van der Waals surface area (Å²) >= 11 is 1.38. The Morgan fingerprint density at radius 3 is 2.56 bits per heavy atom. The number of piperazine rings is 1. The topological polar surface area (TPSA) is 74.1 Å². The number of hydrogen-bond acceptors (Lipinski definition) is 7. The summed E-state index contributed by atoms with van der Waals surface area (Å²) in [5.74, 6) is -0.136. The van der Waals surface area contributed by atoms with Crippen LogP contribution < -0.4 is 10.5 Å². The Morgan fingerprint density at radius 2 is 1.88 bits per heavy atom. The van der Waals surface area contributed by atoms with Gasteiger partial charge in [0.25, 0.3) is 11.5 Å². The standard InChI is InChI=1S/C16H22N6O2S/c1-2-19-7-9-20(10-8-19)14(24)12-11-13(23)17-15-22(12)18-16(25-15)21-5-3-4-6-21/h11H,2-10H2,1H3. The average molecular weight is 362 g/mol. The number of nitrogens with zero attached hydrogens (tertiary/aromatic N) is 6. The van der Waals surface area contributed by atoms with E-state index in [1.165, 1.54) is 17.4 Å². The zero-order chi connectivity index (χ0) is 17.4. The second-order valence-electron chi connectivity index (χ2n) is 6.48. The second kappa shape index (κ2) is 6.72. The molecule has 0 spiro atoms. The van der Waals surface area contributed by atoms with Gasteiger partial charge in [0.1, 0.15) is 5.69 Å². The van der Waals surface area contributed by atoms with Gasteiger partial charge in [-0.05, 0) is 19.4 Å². The molecule has 8 nitrogen and oxygen atoms in total. The van der Waals surface area contributed by atoms with Gasteiger partial charge in [0, 0.05) is 45.3 Å². The van der Waals surface area contributed by atoms with Crippen molar-refractivity contribution in [3.8, 4) is 0 Å². The molecule has 2 aliphatic rings. The van der Waals surface area contributed by atoms with Crippen molar-refractivity contribution in [2.75, 3.05) is 50.7 Å². The average Bonchev–Trinajstić information content (AvgIpc) is 3.29. The van der Waals surface area contributed by atoms with E-state index in [0.29, 0.717) is 23.7 Å². The molecule has 4 heterocycles. The third-order valence-electron chi connectivity index (χ3n) is 4.95. The van der Waals surface area contributed by atoms with Gasteiger partial charge in [0.15, 0.2) is 0 Å². The number of anilines is 1. The van der Waals surface area contributed by atoms with Crippen molar-refractivity contribution in [2.45, 2.75) is 19.8 Å². The first-order valence-electron chi connectivity index (χ1n) is 8.83. The highest BCUT2D eigenvalue weighted by Crippen LogP contribution is 2.26. The molecular formula is C16H22N6O2S. The number of carbonyl (C=O) groups is 1. The number of aromatic nitrogens is 3. The van der Waals surface area contributed by atoms with Crippen molar-refractivity contribution in [1.29, 1.82) is 0 Å². The quantitative estimate of drug-likeness (QED) is 0.793. The molecule has 0 bridgehead atoms. The molecule has 0 radical (unpaired) electrons. The maximum Gasteiger partial charge on any atom is 0.274 e. The number of amides is 1. The largest absolute Gasteiger partial charge is 0.347 e. The van der Waals surface area contributed by atoms with Gasteiger partial charge in [-0.2, -0.15) is 9.50 Å². The Kier molecular flexibility index (Phi) is 4.43. The number of rotatable bonds is 3. The van der Waals surface area contributed by atoms with Crippen LogP contribution in [-0.2, 0) is 0 Å². The predicted octanol–water partition coefficient (Wildman–Crippen LogP) is 0.529. The van der Waals surface area contributed by atoms with Gasteiger partial charge < -0.3 is 14.7 Å². The van der Waals surface area contributed by atoms with Crippen LogP contribution in [0.5, 0.6) is 0 Å². The fourth-order valence-electron chi connectivity index (χ4n) is 3.42. The van der Waals surface area contributed by atoms with Crippen molar-refractivity contribution in [1.82, 2.24) is 24.4 Å². The predicted molar refractivity (Wildman–Crippen MR) is 96.6 cm³/mol. The van der Waals surface area contributed by atoms with E-state index in [1.807, 2.05) is 4.90 Å². The van der Waals surface area contributed by atoms with Crippen LogP contribution in [0.15, 0.2) is 10.9 Å². The van der Waals surface area contributed by atoms with Crippen molar-refractivity contribution < 1.29 is 4.79 Å². The Labute approximate surface area is 149 Å². The molecule has 0 aromatic carbocycles. The Bertz CT molecular complexity index is 833. The lowest BCUT2D eigenvalue weighted by atomic mass is 10.2. The molecule has 2 aliphatic heterocycles. The normalized spacial score (nSPS) is 19.1. The van der Waals surface area contributed by atoms with Gasteiger partial charge in [0.2, 0.25) is 10.1 Å². The molecular weight excluding hydrogens is 340 g/mol. The summed E-state index contributed by atoms with van der Waals surface area (Å²) < 4.78 is 1.55. The molecule has 0 saturated carbocycles. The van der Waals surface area contributed by atoms with Crippen LogP contribution in [-0.4, -0.2) is 76.1 Å². The fourth-order valence-corrected chi connectivity index (χ4v) is 4.38. The molecule has 1 amide bonds. The molecule has 0 atom stereocenters. The summed E-state index contributed by atoms with van der Waals surface area (Å²) in [7, 11) is 0. The first-order valence-corrected chi connectivity index (χ1v) is 9.65. The van der Waals surface area contributed by atoms with E-state index in [-0.39, 0.29) is 11.5 Å². The van der Waals surface area contributed by atoms with E-state index in [4.69, 9.17) is 0 Å². The van der Waals surface area contributed by atoms with Crippen LogP contribution in [0.4, 0.5) is 5.13 Å². The zero-order valence-electron chi connectivity index (χ0n) is 14.3. The van der Waals surface area contributed by atoms with Crippen LogP contribution in [0.1, 0.15) is 30.3 Å². The summed E-state index contributed by atoms with van der Waals surface area (Å²) in [5, 5.41) is 5.42. The highest BCUT2D eigenvalue weighted by Gasteiger charge is 2.26. The lowest BCUT2D eigenvalue weighted by Gasteiger charge is -2.33. The van der Waals surface area contributed by atoms with Crippen molar-refractivity contribution in [3.05, 3.63) is 22.1 Å². The molecule has 0 unspecified atom stereocenters. The van der Waals surface area contributed by atoms with Crippen molar-refractivity contribution in [3.63, 3.8) is 0 Å². The molecule has 2 aromatic rings. The monoisotopic (exact) mass is 362 g/mol. The maximum atomic E-state index is 13.0. The molecule has 9 heteroatoms. The van der Waals surface area contributed by atoms with Crippen LogP contribution in [0, 0.1) is 0 Å². The minimum atomic E-state index is -0.382. The summed E-state index contributed by atoms with van der Waals surface area (Å²) in [6.45, 7) is 8.12. The van der Waals surface area contributed by atoms with Crippen LogP contribution >= 0.6 is 11.3 Å². The van der Waals surface area contributed by atoms with Crippen LogP contribution in [0.25, 0.3) is 4.96 Å². The Balaban J connectivity index is 1.66. The number of likely N-dealkylation sites (N-methyl/N-ethyl adjacent to an activating group) is 1. The second-order valence-corrected chi connectivity index (χ2v) is 7.41. The number of carbonyl (C=O) groups excluding carboxylic acids is 1. The Morgan fingerprint density at radius 1 is 1.16 bits per heavy atom. The maximum absolute atomic E-state index is 13.0. The lowest BCUT2D eigenvalue weighted by Crippen LogP contribution is -2.49. The third kappa shape index (κ3) is 3.13. The summed E-state index contributed by atoms with van der Waals surface area (Å²) in [4.78, 5) is 35.8. The highest BCUT2D eigenvalue weighted by atomic mass is 32.1. The van der Waals surface area contributed by atoms with E-state index in [9.17, 15) is 9.59 Å². The van der Waals surface area contributed by atoms with Gasteiger partial charge in [-0.1, -0.05) is 18.3 Å². The molecule has 134 valence electrons. The summed E-state index contributed by atoms with van der Waals surface area (Å²) in [5.41, 5.74) is -0.0613. The van der Waals surface area contributed by atoms with E-state index in [1.54, 1.807) is 4.52 Å². The van der Waals surface area contributed by atoms with E-state index < -0.39 is 0 Å². The van der Waals surface area contributed by atoms with Gasteiger partial charge in [-0.25, -0.2) is 0 Å². The van der Waals surface area contributed by atoms with Crippen LogP contribution in [0.2, 0.25) is 0 Å². The van der Waals surface area contributed by atoms with Crippen LogP contribution in [0.3, 0.4) is 0 Å². The van der Waals surface area contributed by atoms with Crippen molar-refractivity contribution >= 4 is 27.3 Å². The minimum Gasteiger partial charge on any atom is -0.347 e. The molecule has 25 heavy (non-hydrogen) atoms. The number of hydrogen-bond donors (Lipinski definition) is 0. The van der Waals surface area contributed by atoms with E-state index in [0.717, 1.165) is 50.7 Å². The fraction of sp³-hybridized carbons (Fsp3) is 0.625. The molecule has 4 rings (SSSR count). The number of fused-ring (bicyclic) bond motifs is 1. The van der Waals surface area contributed by atoms with E-state index in [2.05, 4.69) is 26.8 Å². The zero-order valence-corrected chi connectivity index (χ0v) is 15.2. The molecule has 2 fully saturated rings. The first-order chi connectivity index (χ1) is 12.2. The van der Waals surface area contributed by atoms with Gasteiger partial charge in [-0.15, -0.1) is 5.10 Å². The Hall–Kier alpha value is -2.00. The van der Waals surface area contributed by atoms with E-state index >= 15 is 0 Å². The molecule has 0 aliphatic carbocycles. The third-order valence-corrected chi connectivity index (χ3v) is 5.92.